The molecule has 0 fully saturated rings. The Kier molecular flexibility index (Phi) is 5.44. The topological polar surface area (TPSA) is 58.6 Å². The number of hydrogen-bond acceptors (Lipinski definition) is 3. The molecule has 112 valence electrons. The van der Waals surface area contributed by atoms with E-state index < -0.39 is 36.8 Å². The van der Waals surface area contributed by atoms with Gasteiger partial charge in [-0.1, -0.05) is 6.07 Å². The molecule has 2 N–H and O–H groups in total. The number of aliphatic hydroxyl groups is 1. The summed E-state index contributed by atoms with van der Waals surface area (Å²) in [7, 11) is 0. The molecule has 1 atom stereocenters. The highest BCUT2D eigenvalue weighted by Gasteiger charge is 2.20. The lowest BCUT2D eigenvalue weighted by Gasteiger charge is -2.23. The Morgan fingerprint density at radius 1 is 1.40 bits per heavy atom. The predicted molar refractivity (Wildman–Crippen MR) is 70.4 cm³/mol. The lowest BCUT2D eigenvalue weighted by atomic mass is 10.0. The molecule has 1 amide bonds. The molecule has 20 heavy (non-hydrogen) atoms. The van der Waals surface area contributed by atoms with Gasteiger partial charge in [-0.2, -0.15) is 0 Å². The number of halogens is 2. The zero-order chi connectivity index (χ0) is 15.3. The molecule has 0 aliphatic rings. The van der Waals surface area contributed by atoms with Gasteiger partial charge < -0.3 is 15.2 Å². The van der Waals surface area contributed by atoms with E-state index in [9.17, 15) is 18.7 Å². The summed E-state index contributed by atoms with van der Waals surface area (Å²) in [5.41, 5.74) is -0.258. The molecular weight excluding hydrogens is 268 g/mol. The van der Waals surface area contributed by atoms with E-state index >= 15 is 0 Å². The zero-order valence-electron chi connectivity index (χ0n) is 11.7. The molecule has 1 aromatic carbocycles. The Morgan fingerprint density at radius 3 is 2.55 bits per heavy atom. The lowest BCUT2D eigenvalue weighted by molar-refractivity contribution is 0.0481. The van der Waals surface area contributed by atoms with Crippen LogP contribution in [-0.2, 0) is 11.4 Å². The number of carbonyl (C=O) groups is 1. The average Bonchev–Trinajstić information content (AvgIpc) is 2.32. The van der Waals surface area contributed by atoms with Crippen LogP contribution in [0.25, 0.3) is 0 Å². The number of benzene rings is 1. The minimum absolute atomic E-state index is 0.143. The molecule has 4 nitrogen and oxygen atoms in total. The van der Waals surface area contributed by atoms with E-state index in [-0.39, 0.29) is 11.1 Å². The first-order valence-electron chi connectivity index (χ1n) is 6.21. The predicted octanol–water partition coefficient (Wildman–Crippen LogP) is 2.85. The van der Waals surface area contributed by atoms with Gasteiger partial charge in [0, 0.05) is 0 Å². The summed E-state index contributed by atoms with van der Waals surface area (Å²) >= 11 is 0. The molecule has 0 heterocycles. The van der Waals surface area contributed by atoms with Crippen LogP contribution in [0.3, 0.4) is 0 Å². The molecule has 0 aliphatic heterocycles. The number of nitrogens with one attached hydrogen (secondary N) is 1. The Labute approximate surface area is 116 Å². The monoisotopic (exact) mass is 287 g/mol. The highest BCUT2D eigenvalue weighted by Crippen LogP contribution is 2.18. The zero-order valence-corrected chi connectivity index (χ0v) is 11.7. The number of hydrogen-bond donors (Lipinski definition) is 2. The minimum Gasteiger partial charge on any atom is -0.444 e. The molecule has 0 unspecified atom stereocenters. The Hall–Kier alpha value is -1.69. The maximum absolute atomic E-state index is 13.3. The number of alkyl carbamates (subject to hydrolysis) is 1. The van der Waals surface area contributed by atoms with Crippen LogP contribution in [0, 0.1) is 5.82 Å². The largest absolute Gasteiger partial charge is 0.444 e. The van der Waals surface area contributed by atoms with E-state index in [1.807, 2.05) is 0 Å². The van der Waals surface area contributed by atoms with Crippen LogP contribution in [0.15, 0.2) is 18.2 Å². The Morgan fingerprint density at radius 2 is 2.05 bits per heavy atom. The lowest BCUT2D eigenvalue weighted by Crippen LogP contribution is -2.36. The molecule has 0 bridgehead atoms. The second-order valence-corrected chi connectivity index (χ2v) is 5.41. The van der Waals surface area contributed by atoms with E-state index in [4.69, 9.17) is 4.74 Å². The van der Waals surface area contributed by atoms with Crippen molar-refractivity contribution in [1.29, 1.82) is 0 Å². The van der Waals surface area contributed by atoms with E-state index in [2.05, 4.69) is 5.32 Å². The van der Waals surface area contributed by atoms with Crippen molar-refractivity contribution < 1.29 is 23.4 Å². The molecule has 0 aliphatic carbocycles. The van der Waals surface area contributed by atoms with Crippen LogP contribution in [-0.4, -0.2) is 23.4 Å². The van der Waals surface area contributed by atoms with Gasteiger partial charge in [-0.25, -0.2) is 13.6 Å². The first-order chi connectivity index (χ1) is 9.25. The van der Waals surface area contributed by atoms with Crippen molar-refractivity contribution in [3.63, 3.8) is 0 Å². The van der Waals surface area contributed by atoms with Crippen LogP contribution in [0.4, 0.5) is 13.6 Å². The van der Waals surface area contributed by atoms with Gasteiger partial charge in [0.25, 0.3) is 0 Å². The molecule has 0 spiro atoms. The van der Waals surface area contributed by atoms with Crippen molar-refractivity contribution in [3.8, 4) is 0 Å². The normalized spacial score (nSPS) is 12.9. The highest BCUT2D eigenvalue weighted by molar-refractivity contribution is 5.68. The maximum Gasteiger partial charge on any atom is 0.408 e. The standard InChI is InChI=1S/C14H19F2NO3/c1-14(2,3)20-13(19)17-12(8-18)10-4-9(7-15)5-11(16)6-10/h4-6,12,18H,7-8H2,1-3H3,(H,17,19)/t12-/m1/s1. The van der Waals surface area contributed by atoms with Crippen molar-refractivity contribution in [3.05, 3.63) is 35.1 Å². The van der Waals surface area contributed by atoms with E-state index in [0.29, 0.717) is 0 Å². The third kappa shape index (κ3) is 5.13. The summed E-state index contributed by atoms with van der Waals surface area (Å²) in [6.07, 6.45) is -0.734. The van der Waals surface area contributed by atoms with Crippen molar-refractivity contribution >= 4 is 6.09 Å². The van der Waals surface area contributed by atoms with Crippen LogP contribution >= 0.6 is 0 Å². The summed E-state index contributed by atoms with van der Waals surface area (Å²) in [6, 6.07) is 2.73. The average molecular weight is 287 g/mol. The molecular formula is C14H19F2NO3. The van der Waals surface area contributed by atoms with Gasteiger partial charge in [0.1, 0.15) is 18.1 Å². The summed E-state index contributed by atoms with van der Waals surface area (Å²) in [5.74, 6) is -0.625. The van der Waals surface area contributed by atoms with Gasteiger partial charge in [0.05, 0.1) is 12.6 Å². The fourth-order valence-electron chi connectivity index (χ4n) is 1.64. The fraction of sp³-hybridized carbons (Fsp3) is 0.500. The quantitative estimate of drug-likeness (QED) is 0.895. The number of aliphatic hydroxyl groups excluding tert-OH is 1. The summed E-state index contributed by atoms with van der Waals surface area (Å²) in [4.78, 5) is 11.6. The fourth-order valence-corrected chi connectivity index (χ4v) is 1.64. The molecule has 1 aromatic rings. The Bertz CT molecular complexity index is 472. The maximum atomic E-state index is 13.3. The van der Waals surface area contributed by atoms with Crippen LogP contribution < -0.4 is 5.32 Å². The number of rotatable bonds is 4. The SMILES string of the molecule is CC(C)(C)OC(=O)N[C@H](CO)c1cc(F)cc(CF)c1. The summed E-state index contributed by atoms with van der Waals surface area (Å²) in [6.45, 7) is 3.82. The van der Waals surface area contributed by atoms with Gasteiger partial charge in [0.2, 0.25) is 0 Å². The molecule has 0 saturated heterocycles. The summed E-state index contributed by atoms with van der Waals surface area (Å²) < 4.78 is 31.0. The molecule has 6 heteroatoms. The van der Waals surface area contributed by atoms with E-state index in [0.717, 1.165) is 12.1 Å². The van der Waals surface area contributed by atoms with Gasteiger partial charge in [-0.3, -0.25) is 0 Å². The van der Waals surface area contributed by atoms with Gasteiger partial charge in [-0.15, -0.1) is 0 Å². The number of alkyl halides is 1. The second-order valence-electron chi connectivity index (χ2n) is 5.41. The van der Waals surface area contributed by atoms with Crippen molar-refractivity contribution in [2.45, 2.75) is 39.1 Å². The number of ether oxygens (including phenoxy) is 1. The molecule has 1 rings (SSSR count). The van der Waals surface area contributed by atoms with E-state index in [1.165, 1.54) is 6.07 Å². The van der Waals surface area contributed by atoms with Crippen molar-refractivity contribution in [2.24, 2.45) is 0 Å². The molecule has 0 saturated carbocycles. The second kappa shape index (κ2) is 6.65. The first kappa shape index (κ1) is 16.4. The first-order valence-corrected chi connectivity index (χ1v) is 6.21. The van der Waals surface area contributed by atoms with E-state index in [1.54, 1.807) is 20.8 Å². The van der Waals surface area contributed by atoms with Gasteiger partial charge >= 0.3 is 6.09 Å². The number of amides is 1. The Balaban J connectivity index is 2.85. The van der Waals surface area contributed by atoms with Crippen molar-refractivity contribution in [2.75, 3.05) is 6.61 Å². The number of carbonyl (C=O) groups excluding carboxylic acids is 1. The summed E-state index contributed by atoms with van der Waals surface area (Å²) in [5, 5.41) is 11.7. The van der Waals surface area contributed by atoms with Crippen LogP contribution in [0.5, 0.6) is 0 Å². The van der Waals surface area contributed by atoms with Crippen LogP contribution in [0.1, 0.15) is 37.9 Å². The molecule has 0 aromatic heterocycles. The molecule has 0 radical (unpaired) electrons. The van der Waals surface area contributed by atoms with Crippen LogP contribution in [0.2, 0.25) is 0 Å². The minimum atomic E-state index is -0.856. The highest BCUT2D eigenvalue weighted by atomic mass is 19.1. The van der Waals surface area contributed by atoms with Crippen molar-refractivity contribution in [1.82, 2.24) is 5.32 Å². The third-order valence-corrected chi connectivity index (χ3v) is 2.41. The van der Waals surface area contributed by atoms with Gasteiger partial charge in [0.15, 0.2) is 0 Å². The smallest absolute Gasteiger partial charge is 0.408 e. The third-order valence-electron chi connectivity index (χ3n) is 2.41. The van der Waals surface area contributed by atoms with Gasteiger partial charge in [-0.05, 0) is 44.0 Å².